The SMILES string of the molecule is CNCCn1c(Nc2nc3ccc(Cl)cc3s2)nc2cc(C(=O)CCCOCCO)ccc21. The third-order valence-electron chi connectivity index (χ3n) is 5.15. The molecule has 0 saturated carbocycles. The van der Waals surface area contributed by atoms with Gasteiger partial charge in [0.15, 0.2) is 10.9 Å². The molecule has 8 nitrogen and oxygen atoms in total. The van der Waals surface area contributed by atoms with Gasteiger partial charge in [0.1, 0.15) is 0 Å². The first-order valence-electron chi connectivity index (χ1n) is 10.8. The number of nitrogens with zero attached hydrogens (tertiary/aromatic N) is 3. The minimum Gasteiger partial charge on any atom is -0.394 e. The number of carbonyl (C=O) groups excluding carboxylic acids is 1. The fourth-order valence-electron chi connectivity index (χ4n) is 3.54. The molecular weight excluding hydrogens is 462 g/mol. The van der Waals surface area contributed by atoms with Crippen LogP contribution in [0.1, 0.15) is 23.2 Å². The van der Waals surface area contributed by atoms with Crippen LogP contribution in [0.15, 0.2) is 36.4 Å². The summed E-state index contributed by atoms with van der Waals surface area (Å²) in [6.07, 6.45) is 0.999. The molecule has 0 aliphatic rings. The van der Waals surface area contributed by atoms with E-state index in [1.165, 1.54) is 11.3 Å². The standard InChI is InChI=1S/C23H26ClN5O3S/c1-25-8-9-29-19-7-4-15(20(31)3-2-11-32-12-10-30)13-18(19)26-22(29)28-23-27-17-6-5-16(24)14-21(17)33-23/h4-7,13-14,25,30H,2-3,8-12H2,1H3,(H,26,27,28). The second kappa shape index (κ2) is 11.0. The molecule has 0 fully saturated rings. The van der Waals surface area contributed by atoms with E-state index in [4.69, 9.17) is 26.4 Å². The van der Waals surface area contributed by atoms with Crippen LogP contribution in [0.4, 0.5) is 11.1 Å². The maximum Gasteiger partial charge on any atom is 0.210 e. The maximum absolute atomic E-state index is 12.6. The Kier molecular flexibility index (Phi) is 7.89. The number of Topliss-reactive ketones (excluding diaryl/α,β-unsaturated/α-hetero) is 1. The summed E-state index contributed by atoms with van der Waals surface area (Å²) in [7, 11) is 1.91. The lowest BCUT2D eigenvalue weighted by Gasteiger charge is -2.09. The number of aliphatic hydroxyl groups excluding tert-OH is 1. The Morgan fingerprint density at radius 3 is 2.88 bits per heavy atom. The first kappa shape index (κ1) is 23.6. The molecular formula is C23H26ClN5O3S. The number of fused-ring (bicyclic) bond motifs is 2. The minimum atomic E-state index is -0.0119. The van der Waals surface area contributed by atoms with Crippen LogP contribution < -0.4 is 10.6 Å². The van der Waals surface area contributed by atoms with Gasteiger partial charge >= 0.3 is 0 Å². The van der Waals surface area contributed by atoms with Crippen LogP contribution in [0.2, 0.25) is 5.02 Å². The van der Waals surface area contributed by atoms with Crippen LogP contribution in [0.3, 0.4) is 0 Å². The molecule has 4 rings (SSSR count). The number of halogens is 1. The van der Waals surface area contributed by atoms with Gasteiger partial charge in [0, 0.05) is 36.7 Å². The number of aliphatic hydroxyl groups is 1. The molecule has 0 bridgehead atoms. The average molecular weight is 488 g/mol. The number of benzene rings is 2. The predicted molar refractivity (Wildman–Crippen MR) is 133 cm³/mol. The Morgan fingerprint density at radius 2 is 2.06 bits per heavy atom. The normalized spacial score (nSPS) is 11.5. The van der Waals surface area contributed by atoms with E-state index in [2.05, 4.69) is 20.2 Å². The number of hydrogen-bond acceptors (Lipinski definition) is 8. The van der Waals surface area contributed by atoms with E-state index >= 15 is 0 Å². The van der Waals surface area contributed by atoms with E-state index in [1.54, 1.807) is 0 Å². The zero-order valence-corrected chi connectivity index (χ0v) is 19.9. The Morgan fingerprint density at radius 1 is 1.18 bits per heavy atom. The number of imidazole rings is 1. The van der Waals surface area contributed by atoms with Crippen molar-refractivity contribution in [2.75, 3.05) is 38.7 Å². The Hall–Kier alpha value is -2.56. The summed E-state index contributed by atoms with van der Waals surface area (Å²) in [5.74, 6) is 0.722. The summed E-state index contributed by atoms with van der Waals surface area (Å²) in [6, 6.07) is 11.3. The zero-order chi connectivity index (χ0) is 23.2. The molecule has 0 saturated heterocycles. The van der Waals surface area contributed by atoms with E-state index in [1.807, 2.05) is 43.4 Å². The zero-order valence-electron chi connectivity index (χ0n) is 18.3. The Balaban J connectivity index is 1.57. The third kappa shape index (κ3) is 5.69. The van der Waals surface area contributed by atoms with Gasteiger partial charge in [0.2, 0.25) is 5.95 Å². The topological polar surface area (TPSA) is 101 Å². The Labute approximate surface area is 200 Å². The van der Waals surface area contributed by atoms with Gasteiger partial charge in [-0.3, -0.25) is 4.79 Å². The molecule has 0 atom stereocenters. The van der Waals surface area contributed by atoms with Gasteiger partial charge in [0.05, 0.1) is 34.5 Å². The maximum atomic E-state index is 12.6. The van der Waals surface area contributed by atoms with E-state index in [-0.39, 0.29) is 12.4 Å². The van der Waals surface area contributed by atoms with Gasteiger partial charge in [-0.15, -0.1) is 0 Å². The number of thiazole rings is 1. The monoisotopic (exact) mass is 487 g/mol. The minimum absolute atomic E-state index is 0.0119. The number of carbonyl (C=O) groups is 1. The second-order valence-electron chi connectivity index (χ2n) is 7.51. The summed E-state index contributed by atoms with van der Waals surface area (Å²) >= 11 is 7.62. The lowest BCUT2D eigenvalue weighted by atomic mass is 10.1. The molecule has 2 heterocycles. The summed E-state index contributed by atoms with van der Waals surface area (Å²) in [5.41, 5.74) is 3.20. The van der Waals surface area contributed by atoms with E-state index in [0.29, 0.717) is 49.1 Å². The van der Waals surface area contributed by atoms with Crippen LogP contribution in [-0.2, 0) is 11.3 Å². The van der Waals surface area contributed by atoms with Crippen molar-refractivity contribution in [1.29, 1.82) is 0 Å². The average Bonchev–Trinajstić information content (AvgIpc) is 3.36. The highest BCUT2D eigenvalue weighted by atomic mass is 35.5. The molecule has 0 aliphatic carbocycles. The van der Waals surface area contributed by atoms with E-state index in [9.17, 15) is 4.79 Å². The van der Waals surface area contributed by atoms with Crippen molar-refractivity contribution in [3.8, 4) is 0 Å². The van der Waals surface area contributed by atoms with Crippen molar-refractivity contribution in [3.63, 3.8) is 0 Å². The van der Waals surface area contributed by atoms with Gasteiger partial charge in [-0.1, -0.05) is 22.9 Å². The number of ether oxygens (including phenoxy) is 1. The van der Waals surface area contributed by atoms with Crippen molar-refractivity contribution < 1.29 is 14.6 Å². The van der Waals surface area contributed by atoms with Gasteiger partial charge < -0.3 is 25.0 Å². The van der Waals surface area contributed by atoms with Crippen LogP contribution in [-0.4, -0.2) is 58.8 Å². The van der Waals surface area contributed by atoms with Gasteiger partial charge in [-0.05, 0) is 49.9 Å². The summed E-state index contributed by atoms with van der Waals surface area (Å²) in [4.78, 5) is 22.0. The smallest absolute Gasteiger partial charge is 0.210 e. The Bertz CT molecular complexity index is 1260. The van der Waals surface area contributed by atoms with Crippen molar-refractivity contribution in [3.05, 3.63) is 47.0 Å². The number of anilines is 2. The van der Waals surface area contributed by atoms with Crippen molar-refractivity contribution in [1.82, 2.24) is 19.9 Å². The van der Waals surface area contributed by atoms with Crippen LogP contribution in [0.5, 0.6) is 0 Å². The van der Waals surface area contributed by atoms with Crippen molar-refractivity contribution >= 4 is 61.1 Å². The molecule has 0 spiro atoms. The number of hydrogen-bond donors (Lipinski definition) is 3. The first-order chi connectivity index (χ1) is 16.1. The molecule has 0 unspecified atom stereocenters. The molecule has 2 aromatic carbocycles. The fraction of sp³-hybridized carbons (Fsp3) is 0.348. The fourth-order valence-corrected chi connectivity index (χ4v) is 4.68. The summed E-state index contributed by atoms with van der Waals surface area (Å²) in [6.45, 7) is 2.21. The van der Waals surface area contributed by atoms with E-state index in [0.717, 1.165) is 32.9 Å². The highest BCUT2D eigenvalue weighted by Crippen LogP contribution is 2.31. The molecule has 33 heavy (non-hydrogen) atoms. The number of aromatic nitrogens is 3. The number of likely N-dealkylation sites (N-methyl/N-ethyl adjacent to an activating group) is 1. The molecule has 0 aliphatic heterocycles. The van der Waals surface area contributed by atoms with Gasteiger partial charge in [-0.25, -0.2) is 9.97 Å². The molecule has 10 heteroatoms. The number of nitrogens with one attached hydrogen (secondary N) is 2. The molecule has 2 aromatic heterocycles. The van der Waals surface area contributed by atoms with Crippen molar-refractivity contribution in [2.24, 2.45) is 0 Å². The highest BCUT2D eigenvalue weighted by Gasteiger charge is 2.15. The van der Waals surface area contributed by atoms with E-state index < -0.39 is 0 Å². The summed E-state index contributed by atoms with van der Waals surface area (Å²) < 4.78 is 8.32. The quantitative estimate of drug-likeness (QED) is 0.203. The lowest BCUT2D eigenvalue weighted by molar-refractivity contribution is 0.0832. The lowest BCUT2D eigenvalue weighted by Crippen LogP contribution is -2.16. The highest BCUT2D eigenvalue weighted by molar-refractivity contribution is 7.22. The van der Waals surface area contributed by atoms with Crippen LogP contribution >= 0.6 is 22.9 Å². The van der Waals surface area contributed by atoms with Gasteiger partial charge in [0.25, 0.3) is 0 Å². The van der Waals surface area contributed by atoms with Crippen LogP contribution in [0, 0.1) is 0 Å². The number of ketones is 1. The third-order valence-corrected chi connectivity index (χ3v) is 6.32. The summed E-state index contributed by atoms with van der Waals surface area (Å²) in [5, 5.41) is 16.7. The first-order valence-corrected chi connectivity index (χ1v) is 12.0. The molecule has 174 valence electrons. The second-order valence-corrected chi connectivity index (χ2v) is 8.98. The van der Waals surface area contributed by atoms with Crippen molar-refractivity contribution in [2.45, 2.75) is 19.4 Å². The van der Waals surface area contributed by atoms with Gasteiger partial charge in [-0.2, -0.15) is 0 Å². The molecule has 4 aromatic rings. The largest absolute Gasteiger partial charge is 0.394 e. The predicted octanol–water partition coefficient (Wildman–Crippen LogP) is 4.23. The van der Waals surface area contributed by atoms with Crippen LogP contribution in [0.25, 0.3) is 21.3 Å². The molecule has 0 radical (unpaired) electrons. The number of rotatable bonds is 12. The molecule has 3 N–H and O–H groups in total. The molecule has 0 amide bonds.